The third-order valence-corrected chi connectivity index (χ3v) is 2.88. The minimum absolute atomic E-state index is 0.229. The van der Waals surface area contributed by atoms with Crippen LogP contribution in [0.25, 0.3) is 0 Å². The smallest absolute Gasteiger partial charge is 0.357 e. The first-order chi connectivity index (χ1) is 8.59. The second kappa shape index (κ2) is 3.64. The summed E-state index contributed by atoms with van der Waals surface area (Å²) in [6, 6.07) is 6.31. The van der Waals surface area contributed by atoms with Gasteiger partial charge in [0.25, 0.3) is 11.8 Å². The van der Waals surface area contributed by atoms with Crippen LogP contribution < -0.4 is 0 Å². The number of hydrogen-bond donors (Lipinski definition) is 0. The number of imide groups is 1. The van der Waals surface area contributed by atoms with Crippen LogP contribution in [-0.4, -0.2) is 35.1 Å². The molecular weight excluding hydrogens is 238 g/mol. The molecular formula is C12H9NO5. The molecule has 0 aliphatic carbocycles. The van der Waals surface area contributed by atoms with E-state index >= 15 is 0 Å². The van der Waals surface area contributed by atoms with Gasteiger partial charge in [-0.15, -0.1) is 0 Å². The first-order valence-corrected chi connectivity index (χ1v) is 5.44. The average molecular weight is 247 g/mol. The lowest BCUT2D eigenvalue weighted by Gasteiger charge is -2.11. The Balaban J connectivity index is 1.82. The van der Waals surface area contributed by atoms with Crippen LogP contribution in [0.4, 0.5) is 0 Å². The minimum atomic E-state index is -0.725. The highest BCUT2D eigenvalue weighted by Crippen LogP contribution is 2.26. The molecule has 3 rings (SSSR count). The quantitative estimate of drug-likeness (QED) is 0.562. The molecule has 2 heterocycles. The maximum Gasteiger partial charge on any atom is 0.364 e. The molecule has 0 saturated carbocycles. The van der Waals surface area contributed by atoms with Gasteiger partial charge in [-0.25, -0.2) is 4.79 Å². The molecule has 1 aromatic rings. The Kier molecular flexibility index (Phi) is 2.21. The summed E-state index contributed by atoms with van der Waals surface area (Å²) >= 11 is 0. The van der Waals surface area contributed by atoms with Crippen molar-refractivity contribution in [3.63, 3.8) is 0 Å². The molecule has 6 nitrogen and oxygen atoms in total. The first-order valence-electron chi connectivity index (χ1n) is 5.44. The monoisotopic (exact) mass is 247 g/mol. The van der Waals surface area contributed by atoms with Gasteiger partial charge in [-0.1, -0.05) is 17.2 Å². The number of hydrogen-bond acceptors (Lipinski definition) is 5. The zero-order chi connectivity index (χ0) is 12.9. The van der Waals surface area contributed by atoms with Crippen molar-refractivity contribution in [3.8, 4) is 0 Å². The number of nitrogens with zero attached hydrogens (tertiary/aromatic N) is 1. The number of carbonyl (C=O) groups is 3. The number of amides is 2. The van der Waals surface area contributed by atoms with E-state index < -0.39 is 23.9 Å². The van der Waals surface area contributed by atoms with Gasteiger partial charge in [0.15, 0.2) is 6.10 Å². The summed E-state index contributed by atoms with van der Waals surface area (Å²) in [4.78, 5) is 40.0. The van der Waals surface area contributed by atoms with Crippen LogP contribution in [-0.2, 0) is 14.4 Å². The molecule has 6 heteroatoms. The molecule has 1 saturated heterocycles. The van der Waals surface area contributed by atoms with Crippen LogP contribution >= 0.6 is 0 Å². The Morgan fingerprint density at radius 3 is 2.17 bits per heavy atom. The van der Waals surface area contributed by atoms with E-state index in [0.29, 0.717) is 5.06 Å². The van der Waals surface area contributed by atoms with Crippen molar-refractivity contribution < 1.29 is 24.0 Å². The Labute approximate surface area is 102 Å². The maximum absolute atomic E-state index is 11.9. The zero-order valence-corrected chi connectivity index (χ0v) is 9.45. The molecule has 1 fully saturated rings. The predicted molar refractivity (Wildman–Crippen MR) is 57.4 cm³/mol. The average Bonchev–Trinajstić information content (AvgIpc) is 3.06. The van der Waals surface area contributed by atoms with Crippen molar-refractivity contribution in [3.05, 3.63) is 35.4 Å². The van der Waals surface area contributed by atoms with Gasteiger partial charge in [0.2, 0.25) is 0 Å². The highest BCUT2D eigenvalue weighted by Gasteiger charge is 2.46. The lowest BCUT2D eigenvalue weighted by Crippen LogP contribution is -2.34. The number of hydroxylamine groups is 2. The van der Waals surface area contributed by atoms with Crippen molar-refractivity contribution >= 4 is 17.8 Å². The fourth-order valence-electron chi connectivity index (χ4n) is 1.83. The van der Waals surface area contributed by atoms with Crippen LogP contribution in [0, 0.1) is 0 Å². The van der Waals surface area contributed by atoms with Crippen molar-refractivity contribution in [2.75, 3.05) is 0 Å². The van der Waals surface area contributed by atoms with E-state index in [0.717, 1.165) is 0 Å². The lowest BCUT2D eigenvalue weighted by molar-refractivity contribution is -0.170. The standard InChI is InChI=1S/C12H9NO5/c1-6-9(17-6)12(16)18-13-10(14)7-4-2-3-5-8(7)11(13)15/h2-6,9H,1H3/t6-,9+/m0/s1. The summed E-state index contributed by atoms with van der Waals surface area (Å²) in [6.07, 6.45) is -0.915. The fourth-order valence-corrected chi connectivity index (χ4v) is 1.83. The maximum atomic E-state index is 11.9. The van der Waals surface area contributed by atoms with Crippen LogP contribution in [0.5, 0.6) is 0 Å². The van der Waals surface area contributed by atoms with Crippen LogP contribution in [0.2, 0.25) is 0 Å². The van der Waals surface area contributed by atoms with Crippen molar-refractivity contribution in [1.29, 1.82) is 0 Å². The van der Waals surface area contributed by atoms with Crippen LogP contribution in [0.1, 0.15) is 27.6 Å². The molecule has 0 radical (unpaired) electrons. The van der Waals surface area contributed by atoms with E-state index in [2.05, 4.69) is 0 Å². The molecule has 2 aliphatic heterocycles. The van der Waals surface area contributed by atoms with E-state index in [1.165, 1.54) is 12.1 Å². The summed E-state index contributed by atoms with van der Waals surface area (Å²) in [6.45, 7) is 1.70. The summed E-state index contributed by atoms with van der Waals surface area (Å²) in [7, 11) is 0. The molecule has 2 aliphatic rings. The third-order valence-electron chi connectivity index (χ3n) is 2.88. The van der Waals surface area contributed by atoms with Gasteiger partial charge in [-0.2, -0.15) is 0 Å². The Bertz CT molecular complexity index is 532. The van der Waals surface area contributed by atoms with Gasteiger partial charge >= 0.3 is 5.97 Å². The SMILES string of the molecule is C[C@@H]1O[C@H]1C(=O)ON1C(=O)c2ccccc2C1=O. The summed E-state index contributed by atoms with van der Waals surface area (Å²) < 4.78 is 4.91. The molecule has 0 bridgehead atoms. The topological polar surface area (TPSA) is 76.2 Å². The van der Waals surface area contributed by atoms with E-state index in [1.54, 1.807) is 19.1 Å². The first kappa shape index (κ1) is 10.9. The Hall–Kier alpha value is -2.21. The predicted octanol–water partition coefficient (Wildman–Crippen LogP) is 0.528. The highest BCUT2D eigenvalue weighted by atomic mass is 16.7. The molecule has 0 N–H and O–H groups in total. The third kappa shape index (κ3) is 1.50. The number of carbonyl (C=O) groups excluding carboxylic acids is 3. The second-order valence-corrected chi connectivity index (χ2v) is 4.12. The van der Waals surface area contributed by atoms with Gasteiger partial charge in [0.05, 0.1) is 17.2 Å². The Morgan fingerprint density at radius 2 is 1.72 bits per heavy atom. The minimum Gasteiger partial charge on any atom is -0.357 e. The van der Waals surface area contributed by atoms with Crippen molar-refractivity contribution in [1.82, 2.24) is 5.06 Å². The Morgan fingerprint density at radius 1 is 1.22 bits per heavy atom. The molecule has 0 spiro atoms. The highest BCUT2D eigenvalue weighted by molar-refractivity contribution is 6.20. The largest absolute Gasteiger partial charge is 0.364 e. The second-order valence-electron chi connectivity index (χ2n) is 4.12. The van der Waals surface area contributed by atoms with Crippen molar-refractivity contribution in [2.24, 2.45) is 0 Å². The molecule has 92 valence electrons. The van der Waals surface area contributed by atoms with E-state index in [9.17, 15) is 14.4 Å². The number of ether oxygens (including phenoxy) is 1. The van der Waals surface area contributed by atoms with Gasteiger partial charge in [-0.05, 0) is 19.1 Å². The van der Waals surface area contributed by atoms with Gasteiger partial charge in [0, 0.05) is 0 Å². The molecule has 2 amide bonds. The zero-order valence-electron chi connectivity index (χ0n) is 9.45. The molecule has 18 heavy (non-hydrogen) atoms. The lowest BCUT2D eigenvalue weighted by atomic mass is 10.1. The molecule has 0 unspecified atom stereocenters. The molecule has 0 aromatic heterocycles. The summed E-state index contributed by atoms with van der Waals surface area (Å²) in [5.74, 6) is -1.98. The van der Waals surface area contributed by atoms with Crippen molar-refractivity contribution in [2.45, 2.75) is 19.1 Å². The number of rotatable bonds is 2. The van der Waals surface area contributed by atoms with Crippen LogP contribution in [0.3, 0.4) is 0 Å². The van der Waals surface area contributed by atoms with Gasteiger partial charge in [-0.3, -0.25) is 9.59 Å². The van der Waals surface area contributed by atoms with E-state index in [1.807, 2.05) is 0 Å². The summed E-state index contributed by atoms with van der Waals surface area (Å²) in [5, 5.41) is 0.487. The molecule has 2 atom stereocenters. The number of benzene rings is 1. The number of epoxide rings is 1. The normalized spacial score (nSPS) is 25.1. The van der Waals surface area contributed by atoms with E-state index in [4.69, 9.17) is 9.57 Å². The fraction of sp³-hybridized carbons (Fsp3) is 0.250. The van der Waals surface area contributed by atoms with E-state index in [-0.39, 0.29) is 17.2 Å². The summed E-state index contributed by atoms with van der Waals surface area (Å²) in [5.41, 5.74) is 0.472. The van der Waals surface area contributed by atoms with Crippen LogP contribution in [0.15, 0.2) is 24.3 Å². The van der Waals surface area contributed by atoms with Gasteiger partial charge < -0.3 is 9.57 Å². The van der Waals surface area contributed by atoms with Gasteiger partial charge in [0.1, 0.15) is 0 Å². The number of fused-ring (bicyclic) bond motifs is 1. The molecule has 1 aromatic carbocycles.